The summed E-state index contributed by atoms with van der Waals surface area (Å²) in [5, 5.41) is 9.22. The normalized spacial score (nSPS) is 22.7. The average molecular weight is 349 g/mol. The molecule has 0 aromatic heterocycles. The Bertz CT molecular complexity index is 620. The Kier molecular flexibility index (Phi) is 5.42. The number of rotatable bonds is 4. The molecule has 138 valence electrons. The predicted octanol–water partition coefficient (Wildman–Crippen LogP) is 3.44. The molecule has 2 rings (SSSR count). The minimum atomic E-state index is -0.954. The van der Waals surface area contributed by atoms with Crippen molar-refractivity contribution in [3.05, 3.63) is 35.9 Å². The first-order chi connectivity index (χ1) is 11.5. The molecule has 0 spiro atoms. The third-order valence-electron chi connectivity index (χ3n) is 4.03. The van der Waals surface area contributed by atoms with Crippen LogP contribution in [-0.2, 0) is 20.7 Å². The van der Waals surface area contributed by atoms with E-state index in [4.69, 9.17) is 9.47 Å². The topological polar surface area (TPSA) is 76.1 Å². The third-order valence-corrected chi connectivity index (χ3v) is 4.03. The third kappa shape index (κ3) is 4.95. The van der Waals surface area contributed by atoms with Crippen molar-refractivity contribution in [2.45, 2.75) is 70.9 Å². The summed E-state index contributed by atoms with van der Waals surface area (Å²) >= 11 is 0. The Labute approximate surface area is 148 Å². The molecule has 1 aliphatic heterocycles. The highest BCUT2D eigenvalue weighted by Gasteiger charge is 2.51. The van der Waals surface area contributed by atoms with Gasteiger partial charge in [-0.25, -0.2) is 4.79 Å². The van der Waals surface area contributed by atoms with Crippen LogP contribution in [0.4, 0.5) is 4.79 Å². The molecule has 25 heavy (non-hydrogen) atoms. The maximum absolute atomic E-state index is 12.8. The lowest BCUT2D eigenvalue weighted by Gasteiger charge is -2.35. The molecule has 1 aromatic rings. The highest BCUT2D eigenvalue weighted by molar-refractivity contribution is 5.71. The molecular weight excluding hydrogens is 322 g/mol. The van der Waals surface area contributed by atoms with E-state index >= 15 is 0 Å². The number of benzene rings is 1. The van der Waals surface area contributed by atoms with Crippen LogP contribution in [0.2, 0.25) is 0 Å². The van der Waals surface area contributed by atoms with E-state index in [0.29, 0.717) is 6.42 Å². The lowest BCUT2D eigenvalue weighted by molar-refractivity contribution is -0.141. The zero-order valence-corrected chi connectivity index (χ0v) is 15.5. The van der Waals surface area contributed by atoms with E-state index in [1.807, 2.05) is 30.3 Å². The fourth-order valence-electron chi connectivity index (χ4n) is 3.17. The van der Waals surface area contributed by atoms with Crippen LogP contribution in [0.15, 0.2) is 30.3 Å². The fourth-order valence-corrected chi connectivity index (χ4v) is 3.17. The van der Waals surface area contributed by atoms with Crippen LogP contribution in [0.1, 0.15) is 46.6 Å². The van der Waals surface area contributed by atoms with E-state index in [2.05, 4.69) is 0 Å². The number of amides is 1. The molecule has 0 radical (unpaired) electrons. The minimum absolute atomic E-state index is 0.166. The van der Waals surface area contributed by atoms with Crippen molar-refractivity contribution >= 4 is 12.1 Å². The number of nitrogens with zero attached hydrogens (tertiary/aromatic N) is 1. The standard InChI is InChI=1S/C19H27NO5/c1-18(2,3)25-17(23)20-14(11-13-9-7-6-8-10-13)15(12-16(21)22)24-19(20,4)5/h6-10,14-15H,11-12H2,1-5H3,(H,21,22)/t14-,15+/m0/s1. The first-order valence-corrected chi connectivity index (χ1v) is 8.45. The maximum atomic E-state index is 12.8. The Morgan fingerprint density at radius 1 is 1.24 bits per heavy atom. The van der Waals surface area contributed by atoms with Crippen molar-refractivity contribution in [2.75, 3.05) is 0 Å². The van der Waals surface area contributed by atoms with Gasteiger partial charge in [0.15, 0.2) is 0 Å². The number of hydrogen-bond donors (Lipinski definition) is 1. The molecule has 0 saturated carbocycles. The van der Waals surface area contributed by atoms with Gasteiger partial charge in [0.25, 0.3) is 0 Å². The largest absolute Gasteiger partial charge is 0.481 e. The second-order valence-electron chi connectivity index (χ2n) is 7.81. The molecule has 6 heteroatoms. The molecule has 0 aliphatic carbocycles. The quantitative estimate of drug-likeness (QED) is 0.901. The Morgan fingerprint density at radius 2 is 1.84 bits per heavy atom. The first-order valence-electron chi connectivity index (χ1n) is 8.45. The lowest BCUT2D eigenvalue weighted by atomic mass is 9.98. The van der Waals surface area contributed by atoms with Crippen molar-refractivity contribution in [1.29, 1.82) is 0 Å². The number of carbonyl (C=O) groups excluding carboxylic acids is 1. The van der Waals surface area contributed by atoms with Crippen molar-refractivity contribution in [1.82, 2.24) is 4.90 Å². The van der Waals surface area contributed by atoms with Gasteiger partial charge in [0.1, 0.15) is 11.3 Å². The molecule has 1 aliphatic rings. The van der Waals surface area contributed by atoms with Gasteiger partial charge in [-0.2, -0.15) is 0 Å². The molecule has 1 amide bonds. The summed E-state index contributed by atoms with van der Waals surface area (Å²) in [7, 11) is 0. The van der Waals surface area contributed by atoms with Crippen molar-refractivity contribution in [3.8, 4) is 0 Å². The Balaban J connectivity index is 2.33. The van der Waals surface area contributed by atoms with E-state index in [9.17, 15) is 14.7 Å². The van der Waals surface area contributed by atoms with Crippen LogP contribution in [-0.4, -0.2) is 45.5 Å². The highest BCUT2D eigenvalue weighted by atomic mass is 16.6. The van der Waals surface area contributed by atoms with Gasteiger partial charge in [0, 0.05) is 0 Å². The zero-order valence-electron chi connectivity index (χ0n) is 15.5. The molecule has 1 N–H and O–H groups in total. The van der Waals surface area contributed by atoms with Gasteiger partial charge in [-0.1, -0.05) is 30.3 Å². The number of carboxylic acid groups (broad SMARTS) is 1. The Morgan fingerprint density at radius 3 is 2.36 bits per heavy atom. The second kappa shape index (κ2) is 7.04. The molecule has 6 nitrogen and oxygen atoms in total. The van der Waals surface area contributed by atoms with Gasteiger partial charge < -0.3 is 14.6 Å². The molecular formula is C19H27NO5. The van der Waals surface area contributed by atoms with Crippen LogP contribution in [0, 0.1) is 0 Å². The van der Waals surface area contributed by atoms with E-state index in [1.165, 1.54) is 0 Å². The number of carboxylic acids is 1. The summed E-state index contributed by atoms with van der Waals surface area (Å²) in [6.45, 7) is 8.93. The number of aliphatic carboxylic acids is 1. The molecule has 0 bridgehead atoms. The van der Waals surface area contributed by atoms with Crippen LogP contribution in [0.25, 0.3) is 0 Å². The summed E-state index contributed by atoms with van der Waals surface area (Å²) in [6, 6.07) is 9.25. The maximum Gasteiger partial charge on any atom is 0.412 e. The van der Waals surface area contributed by atoms with Crippen LogP contribution >= 0.6 is 0 Å². The number of hydrogen-bond acceptors (Lipinski definition) is 4. The Hall–Kier alpha value is -2.08. The summed E-state index contributed by atoms with van der Waals surface area (Å²) in [5.74, 6) is -0.954. The van der Waals surface area contributed by atoms with Gasteiger partial charge >= 0.3 is 12.1 Å². The molecule has 1 saturated heterocycles. The van der Waals surface area contributed by atoms with Gasteiger partial charge in [0.05, 0.1) is 18.6 Å². The zero-order chi connectivity index (χ0) is 18.8. The fraction of sp³-hybridized carbons (Fsp3) is 0.579. The molecule has 1 aromatic carbocycles. The van der Waals surface area contributed by atoms with Gasteiger partial charge in [-0.05, 0) is 46.6 Å². The van der Waals surface area contributed by atoms with Crippen LogP contribution in [0.5, 0.6) is 0 Å². The molecule has 0 unspecified atom stereocenters. The number of ether oxygens (including phenoxy) is 2. The highest BCUT2D eigenvalue weighted by Crippen LogP contribution is 2.36. The molecule has 1 fully saturated rings. The predicted molar refractivity (Wildman–Crippen MR) is 93.2 cm³/mol. The average Bonchev–Trinajstić information content (AvgIpc) is 2.67. The van der Waals surface area contributed by atoms with Gasteiger partial charge in [-0.15, -0.1) is 0 Å². The van der Waals surface area contributed by atoms with E-state index in [0.717, 1.165) is 5.56 Å². The van der Waals surface area contributed by atoms with Crippen molar-refractivity contribution < 1.29 is 24.2 Å². The minimum Gasteiger partial charge on any atom is -0.481 e. The van der Waals surface area contributed by atoms with Crippen LogP contribution < -0.4 is 0 Å². The summed E-state index contributed by atoms with van der Waals surface area (Å²) in [5.41, 5.74) is -0.574. The first kappa shape index (κ1) is 19.2. The molecule has 1 heterocycles. The summed E-state index contributed by atoms with van der Waals surface area (Å²) in [6.07, 6.45) is -0.756. The lowest BCUT2D eigenvalue weighted by Crippen LogP contribution is -2.51. The summed E-state index contributed by atoms with van der Waals surface area (Å²) in [4.78, 5) is 25.6. The van der Waals surface area contributed by atoms with E-state index in [-0.39, 0.29) is 6.42 Å². The van der Waals surface area contributed by atoms with E-state index in [1.54, 1.807) is 39.5 Å². The van der Waals surface area contributed by atoms with Crippen molar-refractivity contribution in [2.24, 2.45) is 0 Å². The smallest absolute Gasteiger partial charge is 0.412 e. The van der Waals surface area contributed by atoms with E-state index < -0.39 is 35.5 Å². The molecule has 2 atom stereocenters. The SMILES string of the molecule is CC(C)(C)OC(=O)N1[C@@H](Cc2ccccc2)[C@@H](CC(=O)O)OC1(C)C. The van der Waals surface area contributed by atoms with Crippen molar-refractivity contribution in [3.63, 3.8) is 0 Å². The monoisotopic (exact) mass is 349 g/mol. The van der Waals surface area contributed by atoms with Gasteiger partial charge in [0.2, 0.25) is 0 Å². The number of carbonyl (C=O) groups is 2. The summed E-state index contributed by atoms with van der Waals surface area (Å²) < 4.78 is 11.5. The second-order valence-corrected chi connectivity index (χ2v) is 7.81. The van der Waals surface area contributed by atoms with Crippen LogP contribution in [0.3, 0.4) is 0 Å². The van der Waals surface area contributed by atoms with Gasteiger partial charge in [-0.3, -0.25) is 9.69 Å².